The second kappa shape index (κ2) is 12.7. The van der Waals surface area contributed by atoms with Crippen LogP contribution in [0.4, 0.5) is 4.39 Å². The van der Waals surface area contributed by atoms with Crippen molar-refractivity contribution in [3.63, 3.8) is 0 Å². The lowest BCUT2D eigenvalue weighted by Gasteiger charge is -2.22. The Morgan fingerprint density at radius 2 is 1.88 bits per heavy atom. The first-order valence-electron chi connectivity index (χ1n) is 10.7. The molecule has 3 unspecified atom stereocenters. The number of benzene rings is 2. The van der Waals surface area contributed by atoms with Gasteiger partial charge in [-0.15, -0.1) is 24.0 Å². The van der Waals surface area contributed by atoms with Crippen LogP contribution in [0.2, 0.25) is 0 Å². The van der Waals surface area contributed by atoms with Gasteiger partial charge < -0.3 is 16.4 Å². The molecule has 1 aliphatic rings. The Morgan fingerprint density at radius 1 is 1.19 bits per heavy atom. The number of guanidine groups is 1. The standard InChI is InChI=1S/C24H32FN5O.HI/c1-17-12-22(16-30(17)15-19-6-4-3-5-7-19)29-24(27-2)28-14-20(23(26)31)13-18-8-10-21(25)11-9-18;/h3-11,17,20,22H,12-16H2,1-2H3,(H2,26,31)(H2,27,28,29);1H. The molecule has 1 heterocycles. The van der Waals surface area contributed by atoms with Crippen LogP contribution in [0.25, 0.3) is 0 Å². The topological polar surface area (TPSA) is 82.7 Å². The predicted molar refractivity (Wildman–Crippen MR) is 137 cm³/mol. The maximum absolute atomic E-state index is 13.1. The van der Waals surface area contributed by atoms with Gasteiger partial charge in [0.2, 0.25) is 5.91 Å². The fourth-order valence-electron chi connectivity index (χ4n) is 4.03. The maximum Gasteiger partial charge on any atom is 0.222 e. The van der Waals surface area contributed by atoms with Crippen molar-refractivity contribution in [1.82, 2.24) is 15.5 Å². The molecule has 0 radical (unpaired) electrons. The van der Waals surface area contributed by atoms with Crippen molar-refractivity contribution in [2.75, 3.05) is 20.1 Å². The largest absolute Gasteiger partial charge is 0.369 e. The quantitative estimate of drug-likeness (QED) is 0.267. The minimum Gasteiger partial charge on any atom is -0.369 e. The summed E-state index contributed by atoms with van der Waals surface area (Å²) in [5, 5.41) is 6.71. The number of nitrogens with two attached hydrogens (primary N) is 1. The van der Waals surface area contributed by atoms with Crippen molar-refractivity contribution in [3.8, 4) is 0 Å². The lowest BCUT2D eigenvalue weighted by atomic mass is 9.98. The third-order valence-electron chi connectivity index (χ3n) is 5.81. The van der Waals surface area contributed by atoms with E-state index in [0.29, 0.717) is 25.0 Å². The van der Waals surface area contributed by atoms with Crippen molar-refractivity contribution < 1.29 is 9.18 Å². The fourth-order valence-corrected chi connectivity index (χ4v) is 4.03. The van der Waals surface area contributed by atoms with E-state index in [1.54, 1.807) is 19.2 Å². The summed E-state index contributed by atoms with van der Waals surface area (Å²) in [5.41, 5.74) is 7.77. The highest BCUT2D eigenvalue weighted by molar-refractivity contribution is 14.0. The number of rotatable bonds is 8. The Bertz CT molecular complexity index is 878. The van der Waals surface area contributed by atoms with E-state index in [0.717, 1.165) is 25.1 Å². The van der Waals surface area contributed by atoms with Gasteiger partial charge in [0.25, 0.3) is 0 Å². The van der Waals surface area contributed by atoms with E-state index in [1.165, 1.54) is 17.7 Å². The number of hydrogen-bond acceptors (Lipinski definition) is 3. The van der Waals surface area contributed by atoms with Gasteiger partial charge in [-0.2, -0.15) is 0 Å². The molecule has 8 heteroatoms. The van der Waals surface area contributed by atoms with E-state index in [2.05, 4.69) is 51.7 Å². The third-order valence-corrected chi connectivity index (χ3v) is 5.81. The SMILES string of the molecule is CN=C(NCC(Cc1ccc(F)cc1)C(N)=O)NC1CC(C)N(Cc2ccccc2)C1.I. The minimum absolute atomic E-state index is 0. The van der Waals surface area contributed by atoms with E-state index < -0.39 is 11.8 Å². The van der Waals surface area contributed by atoms with Crippen LogP contribution in [0.1, 0.15) is 24.5 Å². The number of nitrogens with one attached hydrogen (secondary N) is 2. The third kappa shape index (κ3) is 7.74. The van der Waals surface area contributed by atoms with Gasteiger partial charge in [0, 0.05) is 38.8 Å². The van der Waals surface area contributed by atoms with Crippen molar-refractivity contribution >= 4 is 35.8 Å². The fraction of sp³-hybridized carbons (Fsp3) is 0.417. The van der Waals surface area contributed by atoms with Crippen molar-refractivity contribution in [3.05, 3.63) is 71.5 Å². The van der Waals surface area contributed by atoms with Crippen LogP contribution in [0.15, 0.2) is 59.6 Å². The molecule has 1 aliphatic heterocycles. The molecule has 174 valence electrons. The van der Waals surface area contributed by atoms with E-state index in [-0.39, 0.29) is 35.8 Å². The van der Waals surface area contributed by atoms with E-state index >= 15 is 0 Å². The van der Waals surface area contributed by atoms with Crippen LogP contribution < -0.4 is 16.4 Å². The van der Waals surface area contributed by atoms with Crippen molar-refractivity contribution in [2.45, 2.75) is 38.4 Å². The normalized spacial score (nSPS) is 19.8. The summed E-state index contributed by atoms with van der Waals surface area (Å²) in [6.45, 7) is 4.45. The molecule has 0 bridgehead atoms. The molecule has 1 saturated heterocycles. The highest BCUT2D eigenvalue weighted by Crippen LogP contribution is 2.20. The van der Waals surface area contributed by atoms with Crippen molar-refractivity contribution in [1.29, 1.82) is 0 Å². The van der Waals surface area contributed by atoms with Crippen LogP contribution in [0.5, 0.6) is 0 Å². The molecule has 0 aliphatic carbocycles. The van der Waals surface area contributed by atoms with E-state index in [4.69, 9.17) is 5.73 Å². The zero-order chi connectivity index (χ0) is 22.2. The molecular weight excluding hydrogens is 520 g/mol. The molecule has 3 rings (SSSR count). The average molecular weight is 553 g/mol. The number of nitrogens with zero attached hydrogens (tertiary/aromatic N) is 2. The molecule has 1 amide bonds. The lowest BCUT2D eigenvalue weighted by Crippen LogP contribution is -2.47. The predicted octanol–water partition coefficient (Wildman–Crippen LogP) is 2.92. The number of primary amides is 1. The molecule has 4 N–H and O–H groups in total. The molecular formula is C24H33FIN5O. The molecule has 2 aromatic carbocycles. The van der Waals surface area contributed by atoms with Crippen LogP contribution in [-0.2, 0) is 17.8 Å². The summed E-state index contributed by atoms with van der Waals surface area (Å²) < 4.78 is 13.1. The lowest BCUT2D eigenvalue weighted by molar-refractivity contribution is -0.121. The number of hydrogen-bond donors (Lipinski definition) is 3. The van der Waals surface area contributed by atoms with E-state index in [1.807, 2.05) is 6.07 Å². The summed E-state index contributed by atoms with van der Waals surface area (Å²) in [6.07, 6.45) is 1.47. The maximum atomic E-state index is 13.1. The number of likely N-dealkylation sites (tertiary alicyclic amines) is 1. The van der Waals surface area contributed by atoms with E-state index in [9.17, 15) is 9.18 Å². The van der Waals surface area contributed by atoms with Crippen molar-refractivity contribution in [2.24, 2.45) is 16.6 Å². The second-order valence-corrected chi connectivity index (χ2v) is 8.22. The Balaban J connectivity index is 0.00000363. The van der Waals surface area contributed by atoms with Gasteiger partial charge in [0.05, 0.1) is 5.92 Å². The minimum atomic E-state index is -0.416. The molecule has 0 saturated carbocycles. The summed E-state index contributed by atoms with van der Waals surface area (Å²) in [7, 11) is 1.72. The highest BCUT2D eigenvalue weighted by atomic mass is 127. The van der Waals surface area contributed by atoms with Gasteiger partial charge in [-0.25, -0.2) is 4.39 Å². The van der Waals surface area contributed by atoms with Gasteiger partial charge in [-0.1, -0.05) is 42.5 Å². The summed E-state index contributed by atoms with van der Waals surface area (Å²) in [4.78, 5) is 18.7. The average Bonchev–Trinajstić information content (AvgIpc) is 3.10. The number of aliphatic imine (C=N–C) groups is 1. The first kappa shape index (κ1) is 26.1. The summed E-state index contributed by atoms with van der Waals surface area (Å²) >= 11 is 0. The smallest absolute Gasteiger partial charge is 0.222 e. The molecule has 0 spiro atoms. The second-order valence-electron chi connectivity index (χ2n) is 8.22. The van der Waals surface area contributed by atoms with Crippen LogP contribution in [0.3, 0.4) is 0 Å². The Hall–Kier alpha value is -2.20. The molecule has 32 heavy (non-hydrogen) atoms. The number of carbonyl (C=O) groups is 1. The Morgan fingerprint density at radius 3 is 2.50 bits per heavy atom. The number of amides is 1. The molecule has 2 aromatic rings. The van der Waals surface area contributed by atoms with Gasteiger partial charge in [-0.3, -0.25) is 14.7 Å². The molecule has 3 atom stereocenters. The summed E-state index contributed by atoms with van der Waals surface area (Å²) in [5.74, 6) is -0.449. The number of carbonyl (C=O) groups excluding carboxylic acids is 1. The molecule has 6 nitrogen and oxygen atoms in total. The molecule has 0 aromatic heterocycles. The van der Waals surface area contributed by atoms with Gasteiger partial charge >= 0.3 is 0 Å². The van der Waals surface area contributed by atoms with Gasteiger partial charge in [0.15, 0.2) is 5.96 Å². The van der Waals surface area contributed by atoms with Gasteiger partial charge in [0.1, 0.15) is 5.82 Å². The Labute approximate surface area is 206 Å². The Kier molecular flexibility index (Phi) is 10.4. The van der Waals surface area contributed by atoms with Crippen LogP contribution in [0, 0.1) is 11.7 Å². The summed E-state index contributed by atoms with van der Waals surface area (Å²) in [6, 6.07) is 17.4. The highest BCUT2D eigenvalue weighted by Gasteiger charge is 2.29. The number of halogens is 2. The first-order valence-corrected chi connectivity index (χ1v) is 10.7. The zero-order valence-electron chi connectivity index (χ0n) is 18.6. The zero-order valence-corrected chi connectivity index (χ0v) is 21.0. The molecule has 1 fully saturated rings. The van der Waals surface area contributed by atoms with Gasteiger partial charge in [-0.05, 0) is 43.0 Å². The monoisotopic (exact) mass is 553 g/mol. The van der Waals surface area contributed by atoms with Crippen LogP contribution >= 0.6 is 24.0 Å². The van der Waals surface area contributed by atoms with Crippen LogP contribution in [-0.4, -0.2) is 49.0 Å². The first-order chi connectivity index (χ1) is 14.9.